The number of carbonyl (C=O) groups excluding carboxylic acids is 1. The van der Waals surface area contributed by atoms with Gasteiger partial charge in [-0.3, -0.25) is 4.79 Å². The molecule has 1 saturated heterocycles. The number of hydrogen-bond acceptors (Lipinski definition) is 5. The molecule has 198 valence electrons. The van der Waals surface area contributed by atoms with Crippen LogP contribution in [0.5, 0.6) is 23.0 Å². The Morgan fingerprint density at radius 3 is 1.74 bits per heavy atom. The average Bonchev–Trinajstić information content (AvgIpc) is 3.26. The molecule has 2 atom stereocenters. The number of benzene rings is 4. The smallest absolute Gasteiger partial charge is 0.188 e. The molecule has 0 bridgehead atoms. The van der Waals surface area contributed by atoms with E-state index in [1.165, 1.54) is 25.1 Å². The van der Waals surface area contributed by atoms with Crippen molar-refractivity contribution in [1.82, 2.24) is 0 Å². The first-order valence-corrected chi connectivity index (χ1v) is 14.4. The van der Waals surface area contributed by atoms with Crippen molar-refractivity contribution >= 4 is 36.4 Å². The number of ether oxygens (including phenoxy) is 4. The summed E-state index contributed by atoms with van der Waals surface area (Å²) in [7, 11) is 3.16. The molecule has 0 N–H and O–H groups in total. The molecule has 0 saturated carbocycles. The lowest BCUT2D eigenvalue weighted by Crippen LogP contribution is -2.39. The second-order valence-corrected chi connectivity index (χ2v) is 12.0. The second kappa shape index (κ2) is 10.4. The third-order valence-electron chi connectivity index (χ3n) is 7.29. The molecule has 2 heterocycles. The van der Waals surface area contributed by atoms with Crippen LogP contribution in [-0.2, 0) is 9.53 Å². The van der Waals surface area contributed by atoms with Crippen LogP contribution in [0.2, 0.25) is 0 Å². The molecule has 1 aromatic heterocycles. The van der Waals surface area contributed by atoms with Crippen molar-refractivity contribution in [3.05, 3.63) is 90.5 Å². The monoisotopic (exact) mass is 539 g/mol. The van der Waals surface area contributed by atoms with Crippen molar-refractivity contribution < 1.29 is 23.7 Å². The van der Waals surface area contributed by atoms with Crippen molar-refractivity contribution in [2.24, 2.45) is 5.92 Å². The third-order valence-corrected chi connectivity index (χ3v) is 9.63. The van der Waals surface area contributed by atoms with Crippen molar-refractivity contribution in [3.8, 4) is 27.9 Å². The van der Waals surface area contributed by atoms with Crippen LogP contribution in [0.15, 0.2) is 84.9 Å². The quantitative estimate of drug-likeness (QED) is 0.185. The summed E-state index contributed by atoms with van der Waals surface area (Å²) in [6, 6.07) is 28.9. The summed E-state index contributed by atoms with van der Waals surface area (Å²) in [5, 5.41) is 2.37. The predicted octanol–water partition coefficient (Wildman–Crippen LogP) is 8.60. The number of ketones is 1. The van der Waals surface area contributed by atoms with E-state index in [0.717, 1.165) is 35.0 Å². The van der Waals surface area contributed by atoms with Crippen LogP contribution in [0.25, 0.3) is 25.1 Å². The summed E-state index contributed by atoms with van der Waals surface area (Å²) in [4.78, 5) is 13.3. The highest BCUT2D eigenvalue weighted by Gasteiger charge is 2.37. The minimum atomic E-state index is -0.270. The Morgan fingerprint density at radius 2 is 1.26 bits per heavy atom. The Labute approximate surface area is 230 Å². The SMILES string of the molecule is COc1ccc2c(c1)c1cc(OC)ccc1[s+]2-c1ccc(Oc2ccc(C3CC(C(=O)C(C)C)O3)cc2)cc1. The molecule has 2 unspecified atom stereocenters. The molecule has 5 nitrogen and oxygen atoms in total. The van der Waals surface area contributed by atoms with Gasteiger partial charge in [0.2, 0.25) is 0 Å². The van der Waals surface area contributed by atoms with E-state index in [1.807, 2.05) is 62.4 Å². The van der Waals surface area contributed by atoms with E-state index in [4.69, 9.17) is 18.9 Å². The summed E-state index contributed by atoms with van der Waals surface area (Å²) >= 11 is 0. The lowest BCUT2D eigenvalue weighted by molar-refractivity contribution is -0.164. The highest BCUT2D eigenvalue weighted by atomic mass is 32.2. The molecular weight excluding hydrogens is 508 g/mol. The fourth-order valence-corrected chi connectivity index (χ4v) is 7.44. The van der Waals surface area contributed by atoms with Crippen LogP contribution >= 0.6 is 10.5 Å². The van der Waals surface area contributed by atoms with E-state index in [2.05, 4.69) is 36.4 Å². The first kappa shape index (κ1) is 25.4. The van der Waals surface area contributed by atoms with Gasteiger partial charge in [-0.15, -0.1) is 0 Å². The Balaban J connectivity index is 1.22. The maximum Gasteiger partial charge on any atom is 0.188 e. The number of rotatable bonds is 8. The molecule has 6 rings (SSSR count). The van der Waals surface area contributed by atoms with Gasteiger partial charge >= 0.3 is 0 Å². The highest BCUT2D eigenvalue weighted by molar-refractivity contribution is 7.50. The van der Waals surface area contributed by atoms with Gasteiger partial charge in [0.25, 0.3) is 0 Å². The lowest BCUT2D eigenvalue weighted by atomic mass is 9.91. The van der Waals surface area contributed by atoms with Crippen LogP contribution in [0.4, 0.5) is 0 Å². The molecular formula is C33H31O5S+. The lowest BCUT2D eigenvalue weighted by Gasteiger charge is -2.36. The van der Waals surface area contributed by atoms with Crippen molar-refractivity contribution in [2.75, 3.05) is 14.2 Å². The van der Waals surface area contributed by atoms with Crippen LogP contribution in [0.3, 0.4) is 0 Å². The number of fused-ring (bicyclic) bond motifs is 3. The summed E-state index contributed by atoms with van der Waals surface area (Å²) in [5.41, 5.74) is 1.07. The topological polar surface area (TPSA) is 54.0 Å². The van der Waals surface area contributed by atoms with Gasteiger partial charge in [-0.2, -0.15) is 0 Å². The average molecular weight is 540 g/mol. The Bertz CT molecular complexity index is 1580. The van der Waals surface area contributed by atoms with E-state index in [1.54, 1.807) is 14.2 Å². The number of Topliss-reactive ketones (excluding diaryl/α,β-unsaturated/α-hetero) is 1. The third kappa shape index (κ3) is 4.75. The van der Waals surface area contributed by atoms with Gasteiger partial charge in [-0.1, -0.05) is 26.0 Å². The maximum atomic E-state index is 12.1. The molecule has 1 aliphatic heterocycles. The minimum Gasteiger partial charge on any atom is -0.497 e. The van der Waals surface area contributed by atoms with E-state index < -0.39 is 0 Å². The van der Waals surface area contributed by atoms with Crippen LogP contribution in [-0.4, -0.2) is 26.1 Å². The molecule has 0 aliphatic carbocycles. The molecule has 39 heavy (non-hydrogen) atoms. The molecule has 5 aromatic rings. The number of thiophene rings is 1. The molecule has 1 fully saturated rings. The van der Waals surface area contributed by atoms with E-state index in [9.17, 15) is 4.79 Å². The van der Waals surface area contributed by atoms with Gasteiger partial charge in [-0.05, 0) is 54.1 Å². The zero-order valence-electron chi connectivity index (χ0n) is 22.5. The zero-order valence-corrected chi connectivity index (χ0v) is 23.3. The van der Waals surface area contributed by atoms with Gasteiger partial charge in [-0.25, -0.2) is 0 Å². The van der Waals surface area contributed by atoms with Crippen LogP contribution in [0, 0.1) is 5.92 Å². The first-order chi connectivity index (χ1) is 18.9. The molecule has 4 aromatic carbocycles. The normalized spacial score (nSPS) is 16.8. The molecule has 0 spiro atoms. The highest BCUT2D eigenvalue weighted by Crippen LogP contribution is 2.50. The summed E-state index contributed by atoms with van der Waals surface area (Å²) in [6.45, 7) is 3.83. The standard InChI is InChI=1S/C33H31O5S/c1-20(2)33(34)30-19-29(38-30)21-5-7-22(8-6-21)37-23-9-13-26(14-10-23)39-31-15-11-24(35-3)17-27(31)28-18-25(36-4)12-16-32(28)39/h5-18,20,29-30H,19H2,1-4H3/q+1. The van der Waals surface area contributed by atoms with Crippen molar-refractivity contribution in [3.63, 3.8) is 0 Å². The number of methoxy groups -OCH3 is 2. The van der Waals surface area contributed by atoms with Gasteiger partial charge in [0.15, 0.2) is 20.1 Å². The summed E-state index contributed by atoms with van der Waals surface area (Å²) < 4.78 is 25.6. The summed E-state index contributed by atoms with van der Waals surface area (Å²) in [5.74, 6) is 3.41. The van der Waals surface area contributed by atoms with Gasteiger partial charge in [0.05, 0.1) is 31.1 Å². The van der Waals surface area contributed by atoms with Gasteiger partial charge in [0, 0.05) is 47.1 Å². The van der Waals surface area contributed by atoms with E-state index in [0.29, 0.717) is 0 Å². The number of hydrogen-bond donors (Lipinski definition) is 0. The predicted molar refractivity (Wildman–Crippen MR) is 157 cm³/mol. The van der Waals surface area contributed by atoms with Crippen molar-refractivity contribution in [1.29, 1.82) is 0 Å². The first-order valence-electron chi connectivity index (χ1n) is 13.1. The second-order valence-electron chi connectivity index (χ2n) is 10.1. The zero-order chi connectivity index (χ0) is 27.1. The van der Waals surface area contributed by atoms with Crippen LogP contribution in [0.1, 0.15) is 31.9 Å². The Kier molecular flexibility index (Phi) is 6.75. The molecule has 6 heteroatoms. The van der Waals surface area contributed by atoms with E-state index in [-0.39, 0.29) is 34.4 Å². The fraction of sp³-hybridized carbons (Fsp3) is 0.242. The maximum absolute atomic E-state index is 12.1. The Morgan fingerprint density at radius 1 is 0.769 bits per heavy atom. The molecule has 1 aliphatic rings. The fourth-order valence-electron chi connectivity index (χ4n) is 5.10. The number of carbonyl (C=O) groups is 1. The van der Waals surface area contributed by atoms with Gasteiger partial charge < -0.3 is 18.9 Å². The summed E-state index contributed by atoms with van der Waals surface area (Å²) in [6.07, 6.45) is 0.448. The van der Waals surface area contributed by atoms with Crippen molar-refractivity contribution in [2.45, 2.75) is 32.5 Å². The molecule has 0 amide bonds. The van der Waals surface area contributed by atoms with Crippen LogP contribution < -0.4 is 14.2 Å². The van der Waals surface area contributed by atoms with Gasteiger partial charge in [0.1, 0.15) is 29.1 Å². The Hall–Kier alpha value is -3.87. The van der Waals surface area contributed by atoms with E-state index >= 15 is 0 Å². The largest absolute Gasteiger partial charge is 0.497 e. The minimum absolute atomic E-state index is 0.00355. The molecule has 0 radical (unpaired) electrons.